The van der Waals surface area contributed by atoms with E-state index >= 15 is 0 Å². The normalized spacial score (nSPS) is 16.0. The van der Waals surface area contributed by atoms with E-state index in [-0.39, 0.29) is 5.70 Å². The summed E-state index contributed by atoms with van der Waals surface area (Å²) in [6, 6.07) is 18.8. The predicted molar refractivity (Wildman–Crippen MR) is 84.1 cm³/mol. The van der Waals surface area contributed by atoms with E-state index in [1.807, 2.05) is 67.6 Å². The number of carbonyl (C=O) groups excluding carboxylic acids is 1. The SMILES string of the molecule is CCO/C(=C1/N=C(c2ccccc2)OC1=O)c1ccccc1. The molecule has 4 nitrogen and oxygen atoms in total. The first-order chi connectivity index (χ1) is 10.8. The molecule has 0 saturated carbocycles. The predicted octanol–water partition coefficient (Wildman–Crippen LogP) is 3.40. The zero-order valence-electron chi connectivity index (χ0n) is 12.2. The van der Waals surface area contributed by atoms with Crippen LogP contribution in [0.4, 0.5) is 0 Å². The van der Waals surface area contributed by atoms with Crippen molar-refractivity contribution in [2.75, 3.05) is 6.61 Å². The Bertz CT molecular complexity index is 733. The van der Waals surface area contributed by atoms with Crippen molar-refractivity contribution < 1.29 is 14.3 Å². The van der Waals surface area contributed by atoms with Gasteiger partial charge in [-0.2, -0.15) is 0 Å². The highest BCUT2D eigenvalue weighted by molar-refractivity contribution is 6.13. The molecule has 0 fully saturated rings. The molecule has 0 saturated heterocycles. The van der Waals surface area contributed by atoms with E-state index in [2.05, 4.69) is 4.99 Å². The summed E-state index contributed by atoms with van der Waals surface area (Å²) in [6.45, 7) is 2.31. The van der Waals surface area contributed by atoms with E-state index in [4.69, 9.17) is 9.47 Å². The Morgan fingerprint density at radius 1 is 1.05 bits per heavy atom. The molecule has 1 aliphatic heterocycles. The monoisotopic (exact) mass is 293 g/mol. The van der Waals surface area contributed by atoms with Gasteiger partial charge in [0.2, 0.25) is 5.90 Å². The number of carbonyl (C=O) groups is 1. The zero-order chi connectivity index (χ0) is 15.4. The van der Waals surface area contributed by atoms with Gasteiger partial charge in [-0.25, -0.2) is 9.79 Å². The fourth-order valence-corrected chi connectivity index (χ4v) is 2.18. The number of esters is 1. The summed E-state index contributed by atoms with van der Waals surface area (Å²) >= 11 is 0. The van der Waals surface area contributed by atoms with Crippen LogP contribution in [0.15, 0.2) is 71.4 Å². The molecule has 0 aliphatic carbocycles. The molecular weight excluding hydrogens is 278 g/mol. The van der Waals surface area contributed by atoms with Crippen LogP contribution in [0.1, 0.15) is 18.1 Å². The molecule has 0 amide bonds. The highest BCUT2D eigenvalue weighted by Gasteiger charge is 2.29. The summed E-state index contributed by atoms with van der Waals surface area (Å²) < 4.78 is 10.9. The topological polar surface area (TPSA) is 47.9 Å². The molecule has 0 unspecified atom stereocenters. The Morgan fingerprint density at radius 2 is 1.68 bits per heavy atom. The van der Waals surface area contributed by atoms with Crippen molar-refractivity contribution in [3.8, 4) is 0 Å². The standard InChI is InChI=1S/C18H15NO3/c1-2-21-16(13-9-5-3-6-10-13)15-18(20)22-17(19-15)14-11-7-4-8-12-14/h3-12H,2H2,1H3/b16-15+. The van der Waals surface area contributed by atoms with Crippen molar-refractivity contribution in [1.29, 1.82) is 0 Å². The highest BCUT2D eigenvalue weighted by atomic mass is 16.6. The number of nitrogens with zero attached hydrogens (tertiary/aromatic N) is 1. The Morgan fingerprint density at radius 3 is 2.32 bits per heavy atom. The molecule has 110 valence electrons. The minimum absolute atomic E-state index is 0.201. The molecule has 2 aromatic carbocycles. The number of hydrogen-bond acceptors (Lipinski definition) is 4. The van der Waals surface area contributed by atoms with E-state index in [0.717, 1.165) is 11.1 Å². The molecular formula is C18H15NO3. The Kier molecular flexibility index (Phi) is 4.01. The number of benzene rings is 2. The van der Waals surface area contributed by atoms with Crippen LogP contribution in [-0.2, 0) is 14.3 Å². The van der Waals surface area contributed by atoms with Crippen molar-refractivity contribution in [3.63, 3.8) is 0 Å². The second-order valence-electron chi connectivity index (χ2n) is 4.65. The lowest BCUT2D eigenvalue weighted by Gasteiger charge is -2.09. The third kappa shape index (κ3) is 2.76. The van der Waals surface area contributed by atoms with Crippen LogP contribution in [0.25, 0.3) is 5.76 Å². The number of cyclic esters (lactones) is 1. The Hall–Kier alpha value is -2.88. The van der Waals surface area contributed by atoms with Crippen LogP contribution < -0.4 is 0 Å². The Balaban J connectivity index is 2.07. The molecule has 22 heavy (non-hydrogen) atoms. The minimum atomic E-state index is -0.494. The van der Waals surface area contributed by atoms with Crippen LogP contribution in [0, 0.1) is 0 Å². The van der Waals surface area contributed by atoms with Gasteiger partial charge in [-0.15, -0.1) is 0 Å². The molecule has 0 N–H and O–H groups in total. The average Bonchev–Trinajstić information content (AvgIpc) is 2.96. The van der Waals surface area contributed by atoms with Gasteiger partial charge in [-0.05, 0) is 19.1 Å². The molecule has 2 aromatic rings. The van der Waals surface area contributed by atoms with Crippen LogP contribution >= 0.6 is 0 Å². The van der Waals surface area contributed by atoms with Crippen molar-refractivity contribution >= 4 is 17.6 Å². The largest absolute Gasteiger partial charge is 0.491 e. The maximum absolute atomic E-state index is 12.2. The van der Waals surface area contributed by atoms with E-state index in [9.17, 15) is 4.79 Å². The van der Waals surface area contributed by atoms with Gasteiger partial charge < -0.3 is 9.47 Å². The van der Waals surface area contributed by atoms with Crippen molar-refractivity contribution in [1.82, 2.24) is 0 Å². The van der Waals surface area contributed by atoms with Crippen molar-refractivity contribution in [3.05, 3.63) is 77.5 Å². The first kappa shape index (κ1) is 14.1. The molecule has 1 heterocycles. The highest BCUT2D eigenvalue weighted by Crippen LogP contribution is 2.26. The molecule has 0 radical (unpaired) electrons. The summed E-state index contributed by atoms with van der Waals surface area (Å²) in [5, 5.41) is 0. The van der Waals surface area contributed by atoms with Gasteiger partial charge in [-0.3, -0.25) is 0 Å². The van der Waals surface area contributed by atoms with Gasteiger partial charge in [0, 0.05) is 11.1 Å². The number of hydrogen-bond donors (Lipinski definition) is 0. The van der Waals surface area contributed by atoms with Gasteiger partial charge in [0.1, 0.15) is 0 Å². The number of rotatable bonds is 4. The zero-order valence-corrected chi connectivity index (χ0v) is 12.2. The summed E-state index contributed by atoms with van der Waals surface area (Å²) in [5.74, 6) is 0.249. The van der Waals surface area contributed by atoms with Gasteiger partial charge in [0.25, 0.3) is 0 Å². The van der Waals surface area contributed by atoms with Crippen LogP contribution in [0.2, 0.25) is 0 Å². The fourth-order valence-electron chi connectivity index (χ4n) is 2.18. The lowest BCUT2D eigenvalue weighted by Crippen LogP contribution is -2.06. The lowest BCUT2D eigenvalue weighted by molar-refractivity contribution is -0.130. The second-order valence-corrected chi connectivity index (χ2v) is 4.65. The maximum Gasteiger partial charge on any atom is 0.367 e. The van der Waals surface area contributed by atoms with E-state index in [0.29, 0.717) is 18.3 Å². The summed E-state index contributed by atoms with van der Waals surface area (Å²) in [6.07, 6.45) is 0. The van der Waals surface area contributed by atoms with Crippen LogP contribution in [0.3, 0.4) is 0 Å². The number of ether oxygens (including phenoxy) is 2. The van der Waals surface area contributed by atoms with Gasteiger partial charge in [0.15, 0.2) is 11.5 Å². The fraction of sp³-hybridized carbons (Fsp3) is 0.111. The molecule has 0 spiro atoms. The van der Waals surface area contributed by atoms with Crippen molar-refractivity contribution in [2.24, 2.45) is 4.99 Å². The third-order valence-electron chi connectivity index (χ3n) is 3.16. The molecule has 4 heteroatoms. The van der Waals surface area contributed by atoms with Crippen LogP contribution in [0.5, 0.6) is 0 Å². The average molecular weight is 293 g/mol. The summed E-state index contributed by atoms with van der Waals surface area (Å²) in [7, 11) is 0. The molecule has 1 aliphatic rings. The van der Waals surface area contributed by atoms with Gasteiger partial charge in [-0.1, -0.05) is 48.5 Å². The maximum atomic E-state index is 12.2. The summed E-state index contributed by atoms with van der Waals surface area (Å²) in [5.41, 5.74) is 1.76. The van der Waals surface area contributed by atoms with Gasteiger partial charge >= 0.3 is 5.97 Å². The second kappa shape index (κ2) is 6.26. The summed E-state index contributed by atoms with van der Waals surface area (Å²) in [4.78, 5) is 16.5. The first-order valence-electron chi connectivity index (χ1n) is 7.08. The smallest absolute Gasteiger partial charge is 0.367 e. The van der Waals surface area contributed by atoms with Crippen LogP contribution in [-0.4, -0.2) is 18.5 Å². The molecule has 0 aromatic heterocycles. The molecule has 0 atom stereocenters. The number of aliphatic imine (C=N–C) groups is 1. The molecule has 3 rings (SSSR count). The van der Waals surface area contributed by atoms with Crippen molar-refractivity contribution in [2.45, 2.75) is 6.92 Å². The Labute approximate surface area is 128 Å². The van der Waals surface area contributed by atoms with E-state index < -0.39 is 5.97 Å². The quantitative estimate of drug-likeness (QED) is 0.493. The van der Waals surface area contributed by atoms with Gasteiger partial charge in [0.05, 0.1) is 6.61 Å². The first-order valence-corrected chi connectivity index (χ1v) is 7.08. The minimum Gasteiger partial charge on any atom is -0.491 e. The van der Waals surface area contributed by atoms with E-state index in [1.165, 1.54) is 0 Å². The lowest BCUT2D eigenvalue weighted by atomic mass is 10.1. The molecule has 0 bridgehead atoms. The van der Waals surface area contributed by atoms with E-state index in [1.54, 1.807) is 0 Å². The third-order valence-corrected chi connectivity index (χ3v) is 3.16.